The van der Waals surface area contributed by atoms with Crippen LogP contribution >= 0.6 is 24.2 Å². The molecule has 0 spiro atoms. The summed E-state index contributed by atoms with van der Waals surface area (Å²) in [6.45, 7) is 3.75. The van der Waals surface area contributed by atoms with E-state index in [1.807, 2.05) is 13.8 Å². The van der Waals surface area contributed by atoms with E-state index in [9.17, 15) is 9.59 Å². The summed E-state index contributed by atoms with van der Waals surface area (Å²) in [7, 11) is 0. The Morgan fingerprint density at radius 3 is 2.47 bits per heavy atom. The van der Waals surface area contributed by atoms with Crippen LogP contribution in [0.3, 0.4) is 0 Å². The van der Waals surface area contributed by atoms with E-state index in [1.54, 1.807) is 11.8 Å². The molecule has 0 aromatic carbocycles. The molecule has 7 heteroatoms. The highest BCUT2D eigenvalue weighted by Gasteiger charge is 2.58. The van der Waals surface area contributed by atoms with Gasteiger partial charge in [-0.15, -0.1) is 24.2 Å². The second-order valence-electron chi connectivity index (χ2n) is 3.92. The van der Waals surface area contributed by atoms with Crippen LogP contribution in [0.25, 0.3) is 0 Å². The third-order valence-corrected chi connectivity index (χ3v) is 4.05. The maximum Gasteiger partial charge on any atom is 0.327 e. The van der Waals surface area contributed by atoms with Crippen molar-refractivity contribution in [2.75, 3.05) is 0 Å². The van der Waals surface area contributed by atoms with Gasteiger partial charge in [0, 0.05) is 4.75 Å². The average molecular weight is 256 g/mol. The number of amides is 1. The molecule has 0 aromatic heterocycles. The SMILES string of the molecule is CC1(C)SC2CC(=O)N2C1C(=O)O.Cl.O. The van der Waals surface area contributed by atoms with Crippen LogP contribution in [0.2, 0.25) is 0 Å². The maximum atomic E-state index is 11.2. The van der Waals surface area contributed by atoms with E-state index in [0.717, 1.165) is 0 Å². The Hall–Kier alpha value is -0.460. The number of hydrogen-bond acceptors (Lipinski definition) is 3. The van der Waals surface area contributed by atoms with Crippen LogP contribution in [-0.2, 0) is 9.59 Å². The van der Waals surface area contributed by atoms with Crippen molar-refractivity contribution in [2.24, 2.45) is 0 Å². The van der Waals surface area contributed by atoms with Crippen molar-refractivity contribution >= 4 is 36.0 Å². The molecule has 3 N–H and O–H groups in total. The minimum Gasteiger partial charge on any atom is -0.480 e. The Morgan fingerprint density at radius 1 is 1.60 bits per heavy atom. The number of β-lactam (4-membered cyclic amide) rings is 1. The molecule has 15 heavy (non-hydrogen) atoms. The smallest absolute Gasteiger partial charge is 0.327 e. The Labute approximate surface area is 97.9 Å². The van der Waals surface area contributed by atoms with Crippen LogP contribution in [-0.4, -0.2) is 43.5 Å². The lowest BCUT2D eigenvalue weighted by Gasteiger charge is -2.36. The Bertz CT molecular complexity index is 296. The van der Waals surface area contributed by atoms with Gasteiger partial charge in [-0.1, -0.05) is 0 Å². The van der Waals surface area contributed by atoms with Crippen LogP contribution in [0, 0.1) is 0 Å². The number of thioether (sulfide) groups is 1. The first-order chi connectivity index (χ1) is 5.93. The summed E-state index contributed by atoms with van der Waals surface area (Å²) in [6, 6.07) is -0.649. The fraction of sp³-hybridized carbons (Fsp3) is 0.750. The first kappa shape index (κ1) is 14.5. The summed E-state index contributed by atoms with van der Waals surface area (Å²) in [6.07, 6.45) is 0.498. The van der Waals surface area contributed by atoms with Gasteiger partial charge in [-0.3, -0.25) is 4.79 Å². The monoisotopic (exact) mass is 255 g/mol. The van der Waals surface area contributed by atoms with Gasteiger partial charge in [0.2, 0.25) is 5.91 Å². The highest BCUT2D eigenvalue weighted by molar-refractivity contribution is 8.01. The standard InChI is InChI=1S/C8H11NO3S.ClH.H2O/c1-8(2)6(7(11)12)9-4(10)3-5(9)13-8;;/h5-6H,3H2,1-2H3,(H,11,12);1H;1H2. The van der Waals surface area contributed by atoms with Gasteiger partial charge in [0.15, 0.2) is 0 Å². The van der Waals surface area contributed by atoms with Gasteiger partial charge in [-0.2, -0.15) is 0 Å². The molecule has 2 saturated heterocycles. The topological polar surface area (TPSA) is 89.1 Å². The van der Waals surface area contributed by atoms with Crippen molar-refractivity contribution in [3.63, 3.8) is 0 Å². The molecular formula is C8H14ClNO4S. The molecule has 2 unspecified atom stereocenters. The molecule has 2 heterocycles. The summed E-state index contributed by atoms with van der Waals surface area (Å²) in [4.78, 5) is 23.6. The molecular weight excluding hydrogens is 242 g/mol. The van der Waals surface area contributed by atoms with Gasteiger partial charge in [0.05, 0.1) is 11.8 Å². The van der Waals surface area contributed by atoms with E-state index in [2.05, 4.69) is 0 Å². The average Bonchev–Trinajstić information content (AvgIpc) is 2.18. The summed E-state index contributed by atoms with van der Waals surface area (Å²) in [5.41, 5.74) is 0. The zero-order valence-electron chi connectivity index (χ0n) is 8.39. The summed E-state index contributed by atoms with van der Waals surface area (Å²) in [5.74, 6) is -0.927. The lowest BCUT2D eigenvalue weighted by atomic mass is 9.98. The van der Waals surface area contributed by atoms with Crippen LogP contribution < -0.4 is 0 Å². The predicted octanol–water partition coefficient (Wildman–Crippen LogP) is 0.120. The summed E-state index contributed by atoms with van der Waals surface area (Å²) in [5, 5.41) is 9.08. The number of halogens is 1. The van der Waals surface area contributed by atoms with E-state index in [0.29, 0.717) is 6.42 Å². The number of carbonyl (C=O) groups is 2. The fourth-order valence-corrected chi connectivity index (χ4v) is 3.60. The first-order valence-electron chi connectivity index (χ1n) is 4.15. The molecule has 2 aliphatic heterocycles. The highest BCUT2D eigenvalue weighted by atomic mass is 35.5. The zero-order chi connectivity index (χ0) is 9.80. The molecule has 0 aliphatic carbocycles. The second kappa shape index (κ2) is 4.19. The number of nitrogens with zero attached hydrogens (tertiary/aromatic N) is 1. The number of aliphatic carboxylic acids is 1. The Morgan fingerprint density at radius 2 is 2.13 bits per heavy atom. The Kier molecular flexibility index (Phi) is 4.06. The van der Waals surface area contributed by atoms with Crippen molar-refractivity contribution in [3.05, 3.63) is 0 Å². The molecule has 5 nitrogen and oxygen atoms in total. The van der Waals surface area contributed by atoms with E-state index < -0.39 is 12.0 Å². The van der Waals surface area contributed by atoms with Gasteiger partial charge in [0.1, 0.15) is 6.04 Å². The van der Waals surface area contributed by atoms with E-state index in [-0.39, 0.29) is 33.9 Å². The van der Waals surface area contributed by atoms with Crippen LogP contribution in [0.5, 0.6) is 0 Å². The number of rotatable bonds is 1. The lowest BCUT2D eigenvalue weighted by molar-refractivity contribution is -0.157. The third kappa shape index (κ3) is 1.93. The Balaban J connectivity index is 0.000000980. The normalized spacial score (nSPS) is 30.8. The number of hydrogen-bond donors (Lipinski definition) is 1. The molecule has 2 rings (SSSR count). The minimum atomic E-state index is -0.895. The number of carboxylic acids is 1. The molecule has 1 amide bonds. The molecule has 2 fully saturated rings. The number of fused-ring (bicyclic) bond motifs is 1. The van der Waals surface area contributed by atoms with E-state index >= 15 is 0 Å². The van der Waals surface area contributed by atoms with Crippen LogP contribution in [0.4, 0.5) is 0 Å². The van der Waals surface area contributed by atoms with Gasteiger partial charge >= 0.3 is 5.97 Å². The largest absolute Gasteiger partial charge is 0.480 e. The van der Waals surface area contributed by atoms with Gasteiger partial charge < -0.3 is 15.5 Å². The molecule has 0 aromatic rings. The van der Waals surface area contributed by atoms with Crippen LogP contribution in [0.1, 0.15) is 20.3 Å². The number of carbonyl (C=O) groups excluding carboxylic acids is 1. The van der Waals surface area contributed by atoms with Crippen molar-refractivity contribution in [2.45, 2.75) is 36.4 Å². The van der Waals surface area contributed by atoms with E-state index in [1.165, 1.54) is 4.90 Å². The third-order valence-electron chi connectivity index (χ3n) is 2.56. The van der Waals surface area contributed by atoms with Gasteiger partial charge in [-0.05, 0) is 13.8 Å². The maximum absolute atomic E-state index is 11.2. The minimum absolute atomic E-state index is 0. The molecule has 0 bridgehead atoms. The highest BCUT2D eigenvalue weighted by Crippen LogP contribution is 2.50. The predicted molar refractivity (Wildman–Crippen MR) is 59.2 cm³/mol. The van der Waals surface area contributed by atoms with Crippen molar-refractivity contribution < 1.29 is 20.2 Å². The van der Waals surface area contributed by atoms with Crippen LogP contribution in [0.15, 0.2) is 0 Å². The quantitative estimate of drug-likeness (QED) is 0.674. The molecule has 88 valence electrons. The lowest BCUT2D eigenvalue weighted by Crippen LogP contribution is -2.56. The zero-order valence-corrected chi connectivity index (χ0v) is 10.0. The van der Waals surface area contributed by atoms with Crippen molar-refractivity contribution in [1.29, 1.82) is 0 Å². The summed E-state index contributed by atoms with van der Waals surface area (Å²) < 4.78 is -0.358. The molecule has 2 aliphatic rings. The first-order valence-corrected chi connectivity index (χ1v) is 5.03. The summed E-state index contributed by atoms with van der Waals surface area (Å²) >= 11 is 1.58. The molecule has 0 radical (unpaired) electrons. The van der Waals surface area contributed by atoms with Gasteiger partial charge in [-0.25, -0.2) is 4.79 Å². The molecule has 2 atom stereocenters. The number of carboxylic acid groups (broad SMARTS) is 1. The second-order valence-corrected chi connectivity index (χ2v) is 5.75. The molecule has 0 saturated carbocycles. The fourth-order valence-electron chi connectivity index (χ4n) is 1.98. The van der Waals surface area contributed by atoms with Gasteiger partial charge in [0.25, 0.3) is 0 Å². The van der Waals surface area contributed by atoms with Crippen molar-refractivity contribution in [1.82, 2.24) is 4.90 Å². The van der Waals surface area contributed by atoms with Crippen molar-refractivity contribution in [3.8, 4) is 0 Å². The van der Waals surface area contributed by atoms with E-state index in [4.69, 9.17) is 5.11 Å².